The van der Waals surface area contributed by atoms with Crippen LogP contribution >= 0.6 is 24.0 Å². The molecule has 0 spiro atoms. The molecule has 0 aliphatic rings. The van der Waals surface area contributed by atoms with Crippen molar-refractivity contribution in [2.24, 2.45) is 5.73 Å². The number of carbonyl (C=O) groups excluding carboxylic acids is 1. The maximum Gasteiger partial charge on any atom is 0.341 e. The van der Waals surface area contributed by atoms with Gasteiger partial charge in [0.2, 0.25) is 0 Å². The Labute approximate surface area is 77.6 Å². The van der Waals surface area contributed by atoms with Gasteiger partial charge in [-0.1, -0.05) is 18.5 Å². The molecule has 0 bridgehead atoms. The lowest BCUT2D eigenvalue weighted by Crippen LogP contribution is -2.42. The lowest BCUT2D eigenvalue weighted by molar-refractivity contribution is -0.146. The topological polar surface area (TPSA) is 52.3 Å². The lowest BCUT2D eigenvalue weighted by Gasteiger charge is -2.16. The SMILES string of the molecule is CCOC(=O)C(N)(Cl)CC.Cl. The molecular weight excluding hydrogens is 189 g/mol. The summed E-state index contributed by atoms with van der Waals surface area (Å²) < 4.78 is 4.60. The Bertz CT molecular complexity index is 128. The van der Waals surface area contributed by atoms with E-state index in [9.17, 15) is 4.79 Å². The van der Waals surface area contributed by atoms with Crippen molar-refractivity contribution in [3.8, 4) is 0 Å². The van der Waals surface area contributed by atoms with Gasteiger partial charge in [0.1, 0.15) is 0 Å². The molecule has 68 valence electrons. The maximum absolute atomic E-state index is 10.8. The van der Waals surface area contributed by atoms with Crippen molar-refractivity contribution < 1.29 is 9.53 Å². The van der Waals surface area contributed by atoms with Crippen molar-refractivity contribution >= 4 is 30.0 Å². The molecule has 11 heavy (non-hydrogen) atoms. The first-order valence-corrected chi connectivity index (χ1v) is 3.57. The van der Waals surface area contributed by atoms with Gasteiger partial charge in [-0.3, -0.25) is 0 Å². The fraction of sp³-hybridized carbons (Fsp3) is 0.833. The molecule has 0 heterocycles. The molecule has 5 heteroatoms. The van der Waals surface area contributed by atoms with E-state index in [-0.39, 0.29) is 12.4 Å². The number of halogens is 2. The van der Waals surface area contributed by atoms with Gasteiger partial charge in [0.25, 0.3) is 0 Å². The predicted molar refractivity (Wildman–Crippen MR) is 46.9 cm³/mol. The Morgan fingerprint density at radius 3 is 2.36 bits per heavy atom. The van der Waals surface area contributed by atoms with Gasteiger partial charge in [-0.15, -0.1) is 12.4 Å². The standard InChI is InChI=1S/C6H12ClNO2.ClH/c1-3-6(7,8)5(9)10-4-2;/h3-4,8H2,1-2H3;1H. The Morgan fingerprint density at radius 1 is 1.64 bits per heavy atom. The quantitative estimate of drug-likeness (QED) is 0.426. The van der Waals surface area contributed by atoms with Crippen LogP contribution < -0.4 is 5.73 Å². The molecule has 0 saturated carbocycles. The fourth-order valence-electron chi connectivity index (χ4n) is 0.395. The average Bonchev–Trinajstić information content (AvgIpc) is 1.89. The van der Waals surface area contributed by atoms with E-state index in [0.29, 0.717) is 13.0 Å². The fourth-order valence-corrected chi connectivity index (χ4v) is 0.450. The lowest BCUT2D eigenvalue weighted by atomic mass is 10.2. The van der Waals surface area contributed by atoms with Crippen LogP contribution in [0.1, 0.15) is 20.3 Å². The smallest absolute Gasteiger partial charge is 0.341 e. The number of esters is 1. The van der Waals surface area contributed by atoms with Crippen molar-refractivity contribution in [3.63, 3.8) is 0 Å². The molecule has 0 aromatic heterocycles. The number of alkyl halides is 1. The highest BCUT2D eigenvalue weighted by molar-refractivity contribution is 6.33. The largest absolute Gasteiger partial charge is 0.464 e. The van der Waals surface area contributed by atoms with Crippen LogP contribution in [0.3, 0.4) is 0 Å². The van der Waals surface area contributed by atoms with Gasteiger partial charge in [0.05, 0.1) is 6.61 Å². The van der Waals surface area contributed by atoms with Crippen LogP contribution in [0.15, 0.2) is 0 Å². The molecule has 0 saturated heterocycles. The number of ether oxygens (including phenoxy) is 1. The van der Waals surface area contributed by atoms with Crippen LogP contribution in [0, 0.1) is 0 Å². The van der Waals surface area contributed by atoms with Crippen molar-refractivity contribution in [2.45, 2.75) is 25.3 Å². The third-order valence-corrected chi connectivity index (χ3v) is 1.55. The Kier molecular flexibility index (Phi) is 6.96. The summed E-state index contributed by atoms with van der Waals surface area (Å²) in [5, 5.41) is 0. The summed E-state index contributed by atoms with van der Waals surface area (Å²) in [5.41, 5.74) is 5.34. The second-order valence-electron chi connectivity index (χ2n) is 1.94. The van der Waals surface area contributed by atoms with Crippen molar-refractivity contribution in [1.29, 1.82) is 0 Å². The summed E-state index contributed by atoms with van der Waals surface area (Å²) in [5.74, 6) is -0.556. The van der Waals surface area contributed by atoms with E-state index in [1.807, 2.05) is 0 Å². The summed E-state index contributed by atoms with van der Waals surface area (Å²) in [6.07, 6.45) is 0.368. The summed E-state index contributed by atoms with van der Waals surface area (Å²) in [6, 6.07) is 0. The number of nitrogens with two attached hydrogens (primary N) is 1. The predicted octanol–water partition coefficient (Wildman–Crippen LogP) is 1.28. The van der Waals surface area contributed by atoms with Gasteiger partial charge < -0.3 is 10.5 Å². The van der Waals surface area contributed by atoms with Gasteiger partial charge in [-0.05, 0) is 13.3 Å². The van der Waals surface area contributed by atoms with Crippen LogP contribution in [0.5, 0.6) is 0 Å². The van der Waals surface area contributed by atoms with Crippen molar-refractivity contribution in [1.82, 2.24) is 0 Å². The molecule has 0 fully saturated rings. The Morgan fingerprint density at radius 2 is 2.09 bits per heavy atom. The number of hydrogen-bond donors (Lipinski definition) is 1. The highest BCUT2D eigenvalue weighted by Gasteiger charge is 2.30. The molecular formula is C6H13Cl2NO2. The van der Waals surface area contributed by atoms with E-state index in [1.165, 1.54) is 0 Å². The summed E-state index contributed by atoms with van der Waals surface area (Å²) in [4.78, 5) is 9.48. The van der Waals surface area contributed by atoms with Gasteiger partial charge in [-0.2, -0.15) is 0 Å². The average molecular weight is 202 g/mol. The maximum atomic E-state index is 10.8. The van der Waals surface area contributed by atoms with E-state index in [0.717, 1.165) is 0 Å². The van der Waals surface area contributed by atoms with Crippen LogP contribution in [-0.2, 0) is 9.53 Å². The zero-order valence-corrected chi connectivity index (χ0v) is 8.17. The van der Waals surface area contributed by atoms with E-state index in [1.54, 1.807) is 13.8 Å². The molecule has 2 N–H and O–H groups in total. The third kappa shape index (κ3) is 4.45. The van der Waals surface area contributed by atoms with E-state index in [2.05, 4.69) is 4.74 Å². The van der Waals surface area contributed by atoms with Crippen LogP contribution in [0.4, 0.5) is 0 Å². The monoisotopic (exact) mass is 201 g/mol. The molecule has 3 nitrogen and oxygen atoms in total. The number of rotatable bonds is 3. The molecule has 1 atom stereocenters. The van der Waals surface area contributed by atoms with Crippen LogP contribution in [0.2, 0.25) is 0 Å². The highest BCUT2D eigenvalue weighted by atomic mass is 35.5. The molecule has 1 unspecified atom stereocenters. The second-order valence-corrected chi connectivity index (χ2v) is 2.61. The minimum Gasteiger partial charge on any atom is -0.464 e. The summed E-state index contributed by atoms with van der Waals surface area (Å²) >= 11 is 5.55. The minimum atomic E-state index is -1.34. The van der Waals surface area contributed by atoms with Gasteiger partial charge in [-0.25, -0.2) is 4.79 Å². The second kappa shape index (κ2) is 5.63. The van der Waals surface area contributed by atoms with E-state index in [4.69, 9.17) is 17.3 Å². The van der Waals surface area contributed by atoms with Crippen LogP contribution in [-0.4, -0.2) is 17.6 Å². The Balaban J connectivity index is 0. The molecule has 0 amide bonds. The zero-order chi connectivity index (χ0) is 8.20. The number of carbonyl (C=O) groups is 1. The third-order valence-electron chi connectivity index (χ3n) is 1.13. The molecule has 0 aromatic carbocycles. The minimum absolute atomic E-state index is 0. The molecule has 0 rings (SSSR count). The first-order valence-electron chi connectivity index (χ1n) is 3.19. The van der Waals surface area contributed by atoms with Crippen molar-refractivity contribution in [2.75, 3.05) is 6.61 Å². The molecule has 0 aliphatic carbocycles. The van der Waals surface area contributed by atoms with E-state index < -0.39 is 11.0 Å². The zero-order valence-electron chi connectivity index (χ0n) is 6.59. The first-order chi connectivity index (χ1) is 4.54. The summed E-state index contributed by atoms with van der Waals surface area (Å²) in [6.45, 7) is 3.74. The molecule has 0 aromatic rings. The highest BCUT2D eigenvalue weighted by Crippen LogP contribution is 2.13. The summed E-state index contributed by atoms with van der Waals surface area (Å²) in [7, 11) is 0. The van der Waals surface area contributed by atoms with Gasteiger partial charge in [0.15, 0.2) is 5.00 Å². The van der Waals surface area contributed by atoms with Gasteiger partial charge in [0, 0.05) is 0 Å². The van der Waals surface area contributed by atoms with Crippen molar-refractivity contribution in [3.05, 3.63) is 0 Å². The molecule has 0 aliphatic heterocycles. The van der Waals surface area contributed by atoms with E-state index >= 15 is 0 Å². The van der Waals surface area contributed by atoms with Gasteiger partial charge >= 0.3 is 5.97 Å². The normalized spacial score (nSPS) is 14.5. The molecule has 0 radical (unpaired) electrons. The first kappa shape index (κ1) is 13.6. The van der Waals surface area contributed by atoms with Crippen LogP contribution in [0.25, 0.3) is 0 Å². The Hall–Kier alpha value is 0.01000. The number of hydrogen-bond acceptors (Lipinski definition) is 3.